The molecule has 3 heterocycles. The summed E-state index contributed by atoms with van der Waals surface area (Å²) >= 11 is 1.05. The highest BCUT2D eigenvalue weighted by molar-refractivity contribution is 7.99. The van der Waals surface area contributed by atoms with Crippen LogP contribution in [-0.4, -0.2) is 206 Å². The van der Waals surface area contributed by atoms with Crippen LogP contribution in [0.5, 0.6) is 0 Å². The van der Waals surface area contributed by atoms with Gasteiger partial charge in [-0.05, 0) is 60.6 Å². The number of carboxylic acid groups (broad SMARTS) is 2. The molecule has 0 spiro atoms. The van der Waals surface area contributed by atoms with Gasteiger partial charge in [0, 0.05) is 79.9 Å². The van der Waals surface area contributed by atoms with Crippen LogP contribution in [0.15, 0.2) is 114 Å². The van der Waals surface area contributed by atoms with Gasteiger partial charge in [0.15, 0.2) is 11.9 Å². The van der Waals surface area contributed by atoms with Gasteiger partial charge in [-0.3, -0.25) is 67.5 Å². The molecule has 1 aliphatic rings. The number of halogens is 3. The Hall–Kier alpha value is -11.8. The Labute approximate surface area is 590 Å². The van der Waals surface area contributed by atoms with Crippen molar-refractivity contribution < 1.29 is 85.7 Å². The highest BCUT2D eigenvalue weighted by Crippen LogP contribution is 2.21. The molecule has 1 fully saturated rings. The van der Waals surface area contributed by atoms with Gasteiger partial charge in [-0.1, -0.05) is 78.9 Å². The number of primary amides is 1. The first-order valence-corrected chi connectivity index (χ1v) is 33.2. The first-order chi connectivity index (χ1) is 48.9. The number of aromatic amines is 2. The smallest absolute Gasteiger partial charge is 0.481 e. The number of nitrogens with one attached hydrogen (secondary N) is 12. The molecule has 2 aromatic heterocycles. The second kappa shape index (κ2) is 41.7. The van der Waals surface area contributed by atoms with E-state index in [1.807, 2.05) is 0 Å². The molecule has 0 saturated carbocycles. The summed E-state index contributed by atoms with van der Waals surface area (Å²) in [6.07, 6.45) is -2.63. The van der Waals surface area contributed by atoms with Crippen molar-refractivity contribution in [3.05, 3.63) is 126 Å². The van der Waals surface area contributed by atoms with Crippen LogP contribution in [0.2, 0.25) is 0 Å². The number of hydrogen-bond donors (Lipinski definition) is 19. The van der Waals surface area contributed by atoms with Crippen molar-refractivity contribution in [2.45, 2.75) is 125 Å². The van der Waals surface area contributed by atoms with E-state index in [-0.39, 0.29) is 101 Å². The van der Waals surface area contributed by atoms with Crippen molar-refractivity contribution in [1.82, 2.24) is 68.1 Å². The summed E-state index contributed by atoms with van der Waals surface area (Å²) in [5.74, 6) is -14.9. The lowest BCUT2D eigenvalue weighted by Crippen LogP contribution is -2.61. The monoisotopic (exact) mass is 1460 g/mol. The van der Waals surface area contributed by atoms with E-state index < -0.39 is 151 Å². The molecule has 0 bridgehead atoms. The number of aromatic nitrogens is 3. The fraction of sp³-hybridized carbons (Fsp3) is 0.406. The number of thioether (sulfide) groups is 1. The van der Waals surface area contributed by atoms with Gasteiger partial charge in [-0.25, -0.2) is 9.78 Å². The number of amides is 11. The molecule has 24 N–H and O–H groups in total. The first kappa shape index (κ1) is 81.9. The van der Waals surface area contributed by atoms with Crippen LogP contribution >= 0.6 is 11.8 Å². The molecule has 556 valence electrons. The van der Waals surface area contributed by atoms with E-state index in [1.54, 1.807) is 91.1 Å². The predicted octanol–water partition coefficient (Wildman–Crippen LogP) is -3.50. The van der Waals surface area contributed by atoms with Gasteiger partial charge in [-0.15, -0.1) is 0 Å². The maximum absolute atomic E-state index is 15.1. The Morgan fingerprint density at radius 1 is 0.631 bits per heavy atom. The summed E-state index contributed by atoms with van der Waals surface area (Å²) in [7, 11) is 0. The number of rotatable bonds is 27. The number of benzene rings is 3. The Morgan fingerprint density at radius 2 is 1.19 bits per heavy atom. The summed E-state index contributed by atoms with van der Waals surface area (Å²) in [6.45, 7) is -1.22. The Balaban J connectivity index is 0.00000258. The van der Waals surface area contributed by atoms with Gasteiger partial charge >= 0.3 is 18.1 Å². The average Bonchev–Trinajstić information content (AvgIpc) is 1.74. The molecular weight excluding hydrogens is 1380 g/mol. The molecule has 6 rings (SSSR count). The lowest BCUT2D eigenvalue weighted by atomic mass is 10.0. The zero-order valence-electron chi connectivity index (χ0n) is 55.4. The first-order valence-electron chi connectivity index (χ1n) is 32.0. The number of carbonyl (C=O) groups excluding carboxylic acids is 11. The van der Waals surface area contributed by atoms with Crippen molar-refractivity contribution in [3.8, 4) is 0 Å². The average molecular weight is 1460 g/mol. The van der Waals surface area contributed by atoms with E-state index in [0.717, 1.165) is 11.8 Å². The number of imidazole rings is 1. The lowest BCUT2D eigenvalue weighted by molar-refractivity contribution is -0.192. The third kappa shape index (κ3) is 29.9. The van der Waals surface area contributed by atoms with Gasteiger partial charge in [0.2, 0.25) is 65.0 Å². The second-order valence-electron chi connectivity index (χ2n) is 23.2. The highest BCUT2D eigenvalue weighted by atomic mass is 32.2. The molecule has 1 saturated heterocycles. The summed E-state index contributed by atoms with van der Waals surface area (Å²) in [5, 5.41) is 43.9. The number of H-pyrrole nitrogens is 2. The van der Waals surface area contributed by atoms with E-state index in [1.165, 1.54) is 12.5 Å². The van der Waals surface area contributed by atoms with E-state index in [0.29, 0.717) is 33.3 Å². The van der Waals surface area contributed by atoms with Crippen molar-refractivity contribution in [1.29, 1.82) is 0 Å². The van der Waals surface area contributed by atoms with E-state index >= 15 is 9.59 Å². The van der Waals surface area contributed by atoms with E-state index in [4.69, 9.17) is 38.6 Å². The quantitative estimate of drug-likeness (QED) is 0.0138. The van der Waals surface area contributed by atoms with Gasteiger partial charge in [-0.2, -0.15) is 24.9 Å². The minimum absolute atomic E-state index is 0.0168. The fourth-order valence-corrected chi connectivity index (χ4v) is 11.0. The zero-order valence-corrected chi connectivity index (χ0v) is 56.2. The number of guanidine groups is 2. The third-order valence-corrected chi connectivity index (χ3v) is 16.2. The molecule has 3 aromatic carbocycles. The Bertz CT molecular complexity index is 3790. The molecule has 0 radical (unpaired) electrons. The number of carboxylic acids is 2. The van der Waals surface area contributed by atoms with Gasteiger partial charge in [0.05, 0.1) is 25.8 Å². The van der Waals surface area contributed by atoms with Crippen LogP contribution in [-0.2, 0) is 88.0 Å². The number of nitrogens with two attached hydrogens (primary N) is 5. The number of aliphatic imine (C=N–C) groups is 2. The predicted molar refractivity (Wildman–Crippen MR) is 368 cm³/mol. The summed E-state index contributed by atoms with van der Waals surface area (Å²) < 4.78 is 31.7. The molecule has 5 aromatic rings. The maximum Gasteiger partial charge on any atom is 0.490 e. The summed E-state index contributed by atoms with van der Waals surface area (Å²) in [5.41, 5.74) is 30.4. The van der Waals surface area contributed by atoms with Gasteiger partial charge in [0.1, 0.15) is 48.3 Å². The van der Waals surface area contributed by atoms with E-state index in [9.17, 15) is 66.2 Å². The standard InChI is InChI=1S/C62H82N20O13S.C2HF3O2/c63-49(83)31-73-53(88)43(24-35-12-3-1-4-13-35)78-54(89)41(18-9-21-69-61(64)65)77-59(94)47(28-52(86)87)81-60(95)48-33-96-23-11-20-50(84)72-32-51(85)75-46(27-38-30-68-34-74-38)58(93)79-44(25-36-14-5-2-6-15-36)56(91)76-42(19-10-22-70-62(66)67)55(90)80-45(57(92)82-48)26-37-29-71-40-17-8-7-16-39(37)40;3-2(4,5)1(6)7/h1-8,12-17,29-30,34,41-48,71H,9-11,18-28,31-33H2,(H2,63,83)(H,68,74)(H,72,84)(H,73,88)(H,75,85)(H,76,91)(H,77,94)(H,78,89)(H,79,93)(H,80,90)(H,81,95)(H,82,92)(H,86,87)(H4,64,65,69)(H4,66,67,70);(H,6,7)/t41-,42-,43-,44+,45+,46-,47-,48-;/m0./s1. The molecule has 8 atom stereocenters. The fourth-order valence-electron chi connectivity index (χ4n) is 10.0. The molecule has 103 heavy (non-hydrogen) atoms. The van der Waals surface area contributed by atoms with Crippen LogP contribution in [0, 0.1) is 0 Å². The number of hydrogen-bond acceptors (Lipinski definition) is 17. The minimum atomic E-state index is -5.08. The maximum atomic E-state index is 15.1. The number of alkyl halides is 3. The Kier molecular flexibility index (Phi) is 33.1. The van der Waals surface area contributed by atoms with Crippen LogP contribution < -0.4 is 81.8 Å². The van der Waals surface area contributed by atoms with Crippen molar-refractivity contribution >= 4 is 112 Å². The van der Waals surface area contributed by atoms with E-state index in [2.05, 4.69) is 78.1 Å². The normalized spacial score (nSPS) is 18.2. The van der Waals surface area contributed by atoms with Crippen LogP contribution in [0.3, 0.4) is 0 Å². The Morgan fingerprint density at radius 3 is 1.81 bits per heavy atom. The molecule has 0 unspecified atom stereocenters. The van der Waals surface area contributed by atoms with Crippen molar-refractivity contribution in [2.75, 3.05) is 37.7 Å². The SMILES string of the molecule is NC(=O)CNC(=O)[C@H](Cc1ccccc1)NC(=O)[C@H](CCCN=C(N)N)NC(=O)[C@H](CC(=O)O)NC(=O)[C@@H]1CSCCCC(=O)NCC(=O)N[C@@H](Cc2cnc[nH]2)C(=O)N[C@H](Cc2ccccc2)C(=O)N[C@@H](CCCN=C(N)N)C(=O)N[C@H](Cc2c[nH]c3ccccc23)C(=O)N1.O=C(O)C(F)(F)F. The van der Waals surface area contributed by atoms with Gasteiger partial charge < -0.3 is 102 Å². The van der Waals surface area contributed by atoms with Crippen LogP contribution in [0.4, 0.5) is 13.2 Å². The third-order valence-electron chi connectivity index (χ3n) is 15.1. The second-order valence-corrected chi connectivity index (χ2v) is 24.4. The topological polar surface area (TPSA) is 582 Å². The number of aliphatic carboxylic acids is 2. The number of carbonyl (C=O) groups is 13. The summed E-state index contributed by atoms with van der Waals surface area (Å²) in [4.78, 5) is 194. The summed E-state index contributed by atoms with van der Waals surface area (Å²) in [6, 6.07) is 11.8. The van der Waals surface area contributed by atoms with Crippen molar-refractivity contribution in [2.24, 2.45) is 38.7 Å². The molecular formula is C64H83F3N20O15S. The van der Waals surface area contributed by atoms with Crippen molar-refractivity contribution in [3.63, 3.8) is 0 Å². The number of para-hydroxylation sites is 1. The zero-order chi connectivity index (χ0) is 75.6. The highest BCUT2D eigenvalue weighted by Gasteiger charge is 2.39. The van der Waals surface area contributed by atoms with Crippen LogP contribution in [0.1, 0.15) is 67.3 Å². The molecule has 1 aliphatic heterocycles. The van der Waals surface area contributed by atoms with Crippen LogP contribution in [0.25, 0.3) is 10.9 Å². The molecule has 35 nitrogen and oxygen atoms in total. The van der Waals surface area contributed by atoms with Gasteiger partial charge in [0.25, 0.3) is 0 Å². The molecule has 0 aliphatic carbocycles. The largest absolute Gasteiger partial charge is 0.490 e. The number of fused-ring (bicyclic) bond motifs is 1. The molecule has 39 heteroatoms. The molecule has 11 amide bonds. The lowest BCUT2D eigenvalue weighted by Gasteiger charge is -2.28. The number of nitrogens with zero attached hydrogens (tertiary/aromatic N) is 3. The minimum Gasteiger partial charge on any atom is -0.481 e.